The largest absolute Gasteiger partial charge is 0.349 e. The van der Waals surface area contributed by atoms with Crippen molar-refractivity contribution in [1.82, 2.24) is 20.1 Å². The highest BCUT2D eigenvalue weighted by molar-refractivity contribution is 6.09. The van der Waals surface area contributed by atoms with E-state index in [2.05, 4.69) is 26.8 Å². The third kappa shape index (κ3) is 4.16. The third-order valence-corrected chi connectivity index (χ3v) is 5.11. The van der Waals surface area contributed by atoms with Crippen molar-refractivity contribution >= 4 is 17.5 Å². The first-order valence-corrected chi connectivity index (χ1v) is 10.0. The van der Waals surface area contributed by atoms with Crippen LogP contribution in [0.25, 0.3) is 5.82 Å². The molecule has 1 saturated carbocycles. The zero-order valence-corrected chi connectivity index (χ0v) is 17.6. The first-order valence-electron chi connectivity index (χ1n) is 10.0. The first-order chi connectivity index (χ1) is 14.9. The predicted octanol–water partition coefficient (Wildman–Crippen LogP) is 3.21. The van der Waals surface area contributed by atoms with Crippen LogP contribution in [0.15, 0.2) is 36.5 Å². The number of hydrogen-bond acceptors (Lipinski definition) is 5. The van der Waals surface area contributed by atoms with E-state index in [1.54, 1.807) is 32.2 Å². The summed E-state index contributed by atoms with van der Waals surface area (Å²) in [4.78, 5) is 30.4. The number of hydrogen-bond donors (Lipinski definition) is 2. The van der Waals surface area contributed by atoms with Crippen molar-refractivity contribution in [3.8, 4) is 11.9 Å². The predicted molar refractivity (Wildman–Crippen MR) is 115 cm³/mol. The summed E-state index contributed by atoms with van der Waals surface area (Å²) in [5.41, 5.74) is 3.49. The van der Waals surface area contributed by atoms with Crippen LogP contribution in [0.1, 0.15) is 56.1 Å². The van der Waals surface area contributed by atoms with E-state index < -0.39 is 5.91 Å². The molecule has 8 nitrogen and oxygen atoms in total. The van der Waals surface area contributed by atoms with E-state index in [1.165, 1.54) is 10.7 Å². The second kappa shape index (κ2) is 8.03. The maximum Gasteiger partial charge on any atom is 0.274 e. The van der Waals surface area contributed by atoms with Crippen LogP contribution < -0.4 is 10.6 Å². The molecule has 1 aliphatic rings. The number of pyridine rings is 1. The van der Waals surface area contributed by atoms with Crippen molar-refractivity contribution in [2.45, 2.75) is 39.7 Å². The Bertz CT molecular complexity index is 1230. The van der Waals surface area contributed by atoms with Crippen LogP contribution in [0, 0.1) is 32.1 Å². The second-order valence-electron chi connectivity index (χ2n) is 7.76. The molecule has 156 valence electrons. The van der Waals surface area contributed by atoms with Crippen LogP contribution in [0.2, 0.25) is 0 Å². The van der Waals surface area contributed by atoms with Crippen LogP contribution in [-0.4, -0.2) is 32.6 Å². The van der Waals surface area contributed by atoms with Gasteiger partial charge in [-0.2, -0.15) is 10.4 Å². The minimum Gasteiger partial charge on any atom is -0.349 e. The highest BCUT2D eigenvalue weighted by Crippen LogP contribution is 2.26. The minimum atomic E-state index is -0.418. The van der Waals surface area contributed by atoms with Gasteiger partial charge >= 0.3 is 0 Å². The van der Waals surface area contributed by atoms with Crippen LogP contribution in [-0.2, 0) is 0 Å². The van der Waals surface area contributed by atoms with Gasteiger partial charge in [0, 0.05) is 12.2 Å². The summed E-state index contributed by atoms with van der Waals surface area (Å²) in [6.07, 6.45) is 3.52. The maximum atomic E-state index is 13.3. The number of carbonyl (C=O) groups is 2. The Hall–Kier alpha value is -3.99. The lowest BCUT2D eigenvalue weighted by Gasteiger charge is -2.15. The Balaban J connectivity index is 1.72. The van der Waals surface area contributed by atoms with Gasteiger partial charge in [0.2, 0.25) is 0 Å². The Kier molecular flexibility index (Phi) is 5.26. The quantitative estimate of drug-likeness (QED) is 0.666. The molecule has 0 atom stereocenters. The molecule has 2 heterocycles. The van der Waals surface area contributed by atoms with E-state index in [0.29, 0.717) is 34.0 Å². The SMILES string of the molecule is Cc1cc(C(=O)Nc2c(C)cc(C#N)cc2C(=O)NC2CC2)n(-c2ncccc2C)n1. The molecule has 4 rings (SSSR count). The Labute approximate surface area is 179 Å². The van der Waals surface area contributed by atoms with E-state index in [1.807, 2.05) is 19.1 Å². The molecule has 1 aliphatic carbocycles. The van der Waals surface area contributed by atoms with Crippen LogP contribution in [0.4, 0.5) is 5.69 Å². The van der Waals surface area contributed by atoms with Gasteiger partial charge in [-0.3, -0.25) is 9.59 Å². The standard InChI is InChI=1S/C23H22N6O2/c1-13-5-4-8-25-21(13)29-19(10-15(3)28-29)23(31)27-20-14(2)9-16(12-24)11-18(20)22(30)26-17-6-7-17/h4-5,8-11,17H,6-7H2,1-3H3,(H,26,30)(H,27,31). The summed E-state index contributed by atoms with van der Waals surface area (Å²) in [6.45, 7) is 5.45. The fourth-order valence-corrected chi connectivity index (χ4v) is 3.39. The van der Waals surface area contributed by atoms with E-state index >= 15 is 0 Å². The molecule has 0 radical (unpaired) electrons. The number of rotatable bonds is 5. The Morgan fingerprint density at radius 3 is 2.58 bits per heavy atom. The Morgan fingerprint density at radius 1 is 1.13 bits per heavy atom. The molecular formula is C23H22N6O2. The highest BCUT2D eigenvalue weighted by Gasteiger charge is 2.27. The van der Waals surface area contributed by atoms with Gasteiger partial charge in [0.1, 0.15) is 5.69 Å². The highest BCUT2D eigenvalue weighted by atomic mass is 16.2. The summed E-state index contributed by atoms with van der Waals surface area (Å²) in [5, 5.41) is 19.5. The van der Waals surface area contributed by atoms with Crippen LogP contribution >= 0.6 is 0 Å². The number of nitrogens with zero attached hydrogens (tertiary/aromatic N) is 4. The van der Waals surface area contributed by atoms with Crippen molar-refractivity contribution in [3.05, 3.63) is 70.2 Å². The number of nitrogens with one attached hydrogen (secondary N) is 2. The molecule has 2 N–H and O–H groups in total. The fraction of sp³-hybridized carbons (Fsp3) is 0.261. The summed E-state index contributed by atoms with van der Waals surface area (Å²) in [7, 11) is 0. The van der Waals surface area contributed by atoms with Gasteiger partial charge in [-0.05, 0) is 69.0 Å². The first kappa shape index (κ1) is 20.3. The zero-order chi connectivity index (χ0) is 22.1. The van der Waals surface area contributed by atoms with Crippen molar-refractivity contribution in [2.75, 3.05) is 5.32 Å². The van der Waals surface area contributed by atoms with Gasteiger partial charge in [-0.25, -0.2) is 9.67 Å². The van der Waals surface area contributed by atoms with E-state index in [4.69, 9.17) is 0 Å². The van der Waals surface area contributed by atoms with Crippen molar-refractivity contribution in [2.24, 2.45) is 0 Å². The summed E-state index contributed by atoms with van der Waals surface area (Å²) < 4.78 is 1.50. The van der Waals surface area contributed by atoms with Crippen LogP contribution in [0.3, 0.4) is 0 Å². The van der Waals surface area contributed by atoms with Crippen molar-refractivity contribution < 1.29 is 9.59 Å². The molecule has 8 heteroatoms. The normalized spacial score (nSPS) is 12.8. The van der Waals surface area contributed by atoms with Gasteiger partial charge in [0.05, 0.1) is 28.6 Å². The maximum absolute atomic E-state index is 13.3. The number of benzene rings is 1. The van der Waals surface area contributed by atoms with E-state index in [0.717, 1.165) is 18.4 Å². The molecule has 0 saturated heterocycles. The summed E-state index contributed by atoms with van der Waals surface area (Å²) in [5.74, 6) is -0.161. The van der Waals surface area contributed by atoms with E-state index in [9.17, 15) is 14.9 Å². The number of aryl methyl sites for hydroxylation is 3. The Morgan fingerprint density at radius 2 is 1.90 bits per heavy atom. The van der Waals surface area contributed by atoms with Gasteiger partial charge in [-0.15, -0.1) is 0 Å². The van der Waals surface area contributed by atoms with Gasteiger partial charge < -0.3 is 10.6 Å². The number of anilines is 1. The molecule has 0 unspecified atom stereocenters. The molecule has 0 aliphatic heterocycles. The average Bonchev–Trinajstić information content (AvgIpc) is 3.47. The molecule has 0 spiro atoms. The molecule has 2 aromatic heterocycles. The lowest BCUT2D eigenvalue weighted by Crippen LogP contribution is -2.28. The lowest BCUT2D eigenvalue weighted by atomic mass is 10.0. The molecule has 1 fully saturated rings. The topological polar surface area (TPSA) is 113 Å². The van der Waals surface area contributed by atoms with E-state index in [-0.39, 0.29) is 17.5 Å². The number of amides is 2. The number of carbonyl (C=O) groups excluding carboxylic acids is 2. The number of nitriles is 1. The summed E-state index contributed by atoms with van der Waals surface area (Å²) >= 11 is 0. The smallest absolute Gasteiger partial charge is 0.274 e. The van der Waals surface area contributed by atoms with Crippen molar-refractivity contribution in [1.29, 1.82) is 5.26 Å². The molecule has 31 heavy (non-hydrogen) atoms. The second-order valence-corrected chi connectivity index (χ2v) is 7.76. The molecule has 3 aromatic rings. The monoisotopic (exact) mass is 414 g/mol. The van der Waals surface area contributed by atoms with Crippen LogP contribution in [0.5, 0.6) is 0 Å². The molecular weight excluding hydrogens is 392 g/mol. The lowest BCUT2D eigenvalue weighted by molar-refractivity contribution is 0.0952. The zero-order valence-electron chi connectivity index (χ0n) is 17.6. The minimum absolute atomic E-state index is 0.151. The summed E-state index contributed by atoms with van der Waals surface area (Å²) in [6, 6.07) is 10.8. The molecule has 1 aromatic carbocycles. The molecule has 2 amide bonds. The van der Waals surface area contributed by atoms with Crippen molar-refractivity contribution in [3.63, 3.8) is 0 Å². The van der Waals surface area contributed by atoms with Gasteiger partial charge in [0.25, 0.3) is 11.8 Å². The van der Waals surface area contributed by atoms with Gasteiger partial charge in [-0.1, -0.05) is 6.07 Å². The molecule has 0 bridgehead atoms. The average molecular weight is 414 g/mol. The number of aromatic nitrogens is 3. The van der Waals surface area contributed by atoms with Gasteiger partial charge in [0.15, 0.2) is 5.82 Å². The third-order valence-electron chi connectivity index (χ3n) is 5.11. The fourth-order valence-electron chi connectivity index (χ4n) is 3.39.